The van der Waals surface area contributed by atoms with Crippen LogP contribution in [-0.4, -0.2) is 0 Å². The Morgan fingerprint density at radius 2 is 2.22 bits per heavy atom. The van der Waals surface area contributed by atoms with Crippen LogP contribution in [0.15, 0.2) is 18.2 Å². The van der Waals surface area contributed by atoms with Gasteiger partial charge >= 0.3 is 0 Å². The van der Waals surface area contributed by atoms with Gasteiger partial charge in [-0.05, 0) is 52.8 Å². The normalized spacial score (nSPS) is 10.3. The summed E-state index contributed by atoms with van der Waals surface area (Å²) in [6, 6.07) is 6.76. The van der Waals surface area contributed by atoms with Crippen LogP contribution in [0.5, 0.6) is 0 Å². The first-order valence-corrected chi connectivity index (χ1v) is 7.24. The maximum Gasteiger partial charge on any atom is 0.128 e. The fraction of sp³-hybridized carbons (Fsp3) is 0.154. The summed E-state index contributed by atoms with van der Waals surface area (Å²) >= 11 is 3.47. The Labute approximate surface area is 122 Å². The van der Waals surface area contributed by atoms with Crippen molar-refractivity contribution < 1.29 is 4.39 Å². The summed E-state index contributed by atoms with van der Waals surface area (Å²) in [5.74, 6) is -0.258. The van der Waals surface area contributed by atoms with Crippen LogP contribution in [0.4, 0.5) is 10.1 Å². The second-order valence-electron chi connectivity index (χ2n) is 3.74. The smallest absolute Gasteiger partial charge is 0.128 e. The largest absolute Gasteiger partial charge is 0.397 e. The number of nitrogen functional groups attached to an aromatic ring is 1. The molecule has 2 rings (SSSR count). The Hall–Kier alpha value is -1.13. The van der Waals surface area contributed by atoms with E-state index in [9.17, 15) is 4.39 Å². The van der Waals surface area contributed by atoms with E-state index in [-0.39, 0.29) is 5.82 Å². The van der Waals surface area contributed by atoms with Crippen molar-refractivity contribution in [3.63, 3.8) is 0 Å². The standard InChI is InChI=1S/C13H10FIN2S/c1-2-8-12(17)11(6-16)18-13(8)9-4-3-7(14)5-10(9)15/h3-5H,2,17H2,1H3. The van der Waals surface area contributed by atoms with Gasteiger partial charge in [-0.15, -0.1) is 11.3 Å². The number of hydrogen-bond donors (Lipinski definition) is 1. The van der Waals surface area contributed by atoms with Crippen LogP contribution in [0.2, 0.25) is 0 Å². The van der Waals surface area contributed by atoms with Crippen LogP contribution >= 0.6 is 33.9 Å². The van der Waals surface area contributed by atoms with E-state index in [0.717, 1.165) is 26.0 Å². The second kappa shape index (κ2) is 5.24. The Balaban J connectivity index is 2.68. The van der Waals surface area contributed by atoms with Crippen LogP contribution < -0.4 is 5.73 Å². The van der Waals surface area contributed by atoms with Crippen LogP contribution in [0.3, 0.4) is 0 Å². The summed E-state index contributed by atoms with van der Waals surface area (Å²) in [6.45, 7) is 2.00. The fourth-order valence-corrected chi connectivity index (χ4v) is 3.88. The van der Waals surface area contributed by atoms with E-state index in [1.165, 1.54) is 23.5 Å². The van der Waals surface area contributed by atoms with Crippen LogP contribution in [0.25, 0.3) is 10.4 Å². The SMILES string of the molecule is CCc1c(-c2ccc(F)cc2I)sc(C#N)c1N. The van der Waals surface area contributed by atoms with E-state index in [1.54, 1.807) is 6.07 Å². The molecule has 0 atom stereocenters. The minimum absolute atomic E-state index is 0.258. The van der Waals surface area contributed by atoms with Crippen LogP contribution in [0.1, 0.15) is 17.4 Å². The molecule has 0 aliphatic rings. The lowest BCUT2D eigenvalue weighted by atomic mass is 10.1. The molecule has 18 heavy (non-hydrogen) atoms. The van der Waals surface area contributed by atoms with Gasteiger partial charge in [0.25, 0.3) is 0 Å². The molecule has 0 radical (unpaired) electrons. The summed E-state index contributed by atoms with van der Waals surface area (Å²) in [5.41, 5.74) is 8.42. The van der Waals surface area contributed by atoms with Gasteiger partial charge in [-0.3, -0.25) is 0 Å². The number of nitrogens with two attached hydrogens (primary N) is 1. The highest BCUT2D eigenvalue weighted by Gasteiger charge is 2.17. The minimum atomic E-state index is -0.258. The molecule has 0 unspecified atom stereocenters. The van der Waals surface area contributed by atoms with Gasteiger partial charge in [-0.2, -0.15) is 5.26 Å². The molecule has 0 amide bonds. The zero-order chi connectivity index (χ0) is 13.3. The van der Waals surface area contributed by atoms with Crippen molar-refractivity contribution in [1.29, 1.82) is 5.26 Å². The first-order chi connectivity index (χ1) is 8.58. The van der Waals surface area contributed by atoms with Gasteiger partial charge in [-0.1, -0.05) is 6.92 Å². The maximum atomic E-state index is 13.1. The van der Waals surface area contributed by atoms with Gasteiger partial charge in [0.15, 0.2) is 0 Å². The quantitative estimate of drug-likeness (QED) is 0.805. The number of nitrogens with zero attached hydrogens (tertiary/aromatic N) is 1. The Bertz CT molecular complexity index is 643. The first-order valence-electron chi connectivity index (χ1n) is 5.35. The topological polar surface area (TPSA) is 49.8 Å². The van der Waals surface area contributed by atoms with Gasteiger partial charge in [0.05, 0.1) is 5.69 Å². The maximum absolute atomic E-state index is 13.1. The predicted octanol–water partition coefficient (Wildman–Crippen LogP) is 4.18. The zero-order valence-corrected chi connectivity index (χ0v) is 12.6. The molecule has 0 aliphatic heterocycles. The fourth-order valence-electron chi connectivity index (χ4n) is 1.80. The molecule has 2 aromatic rings. The van der Waals surface area contributed by atoms with Crippen LogP contribution in [-0.2, 0) is 6.42 Å². The van der Waals surface area contributed by atoms with E-state index < -0.39 is 0 Å². The number of nitriles is 1. The number of anilines is 1. The molecular formula is C13H10FIN2S. The molecule has 0 fully saturated rings. The molecule has 1 aromatic heterocycles. The third-order valence-electron chi connectivity index (χ3n) is 2.68. The molecule has 0 saturated carbocycles. The highest BCUT2D eigenvalue weighted by molar-refractivity contribution is 14.1. The van der Waals surface area contributed by atoms with Gasteiger partial charge < -0.3 is 5.73 Å². The summed E-state index contributed by atoms with van der Waals surface area (Å²) in [7, 11) is 0. The van der Waals surface area contributed by atoms with Crippen molar-refractivity contribution in [3.8, 4) is 16.5 Å². The highest BCUT2D eigenvalue weighted by Crippen LogP contribution is 2.40. The predicted molar refractivity (Wildman–Crippen MR) is 80.9 cm³/mol. The Kier molecular flexibility index (Phi) is 3.88. The monoisotopic (exact) mass is 372 g/mol. The van der Waals surface area contributed by atoms with E-state index in [4.69, 9.17) is 11.0 Å². The summed E-state index contributed by atoms with van der Waals surface area (Å²) in [6.07, 6.45) is 0.757. The van der Waals surface area contributed by atoms with E-state index in [0.29, 0.717) is 10.6 Å². The number of halogens is 2. The van der Waals surface area contributed by atoms with Crippen molar-refractivity contribution in [2.45, 2.75) is 13.3 Å². The average molecular weight is 372 g/mol. The molecule has 0 saturated heterocycles. The average Bonchev–Trinajstić information content (AvgIpc) is 2.65. The zero-order valence-electron chi connectivity index (χ0n) is 9.63. The molecule has 1 heterocycles. The molecule has 92 valence electrons. The first kappa shape index (κ1) is 13.3. The van der Waals surface area contributed by atoms with E-state index in [1.807, 2.05) is 6.92 Å². The molecule has 2 nitrogen and oxygen atoms in total. The molecule has 1 aromatic carbocycles. The lowest BCUT2D eigenvalue weighted by Gasteiger charge is -2.05. The number of thiophene rings is 1. The second-order valence-corrected chi connectivity index (χ2v) is 5.92. The Morgan fingerprint density at radius 3 is 2.78 bits per heavy atom. The lowest BCUT2D eigenvalue weighted by molar-refractivity contribution is 0.627. The summed E-state index contributed by atoms with van der Waals surface area (Å²) in [4.78, 5) is 1.50. The van der Waals surface area contributed by atoms with Crippen LogP contribution in [0, 0.1) is 20.7 Å². The van der Waals surface area contributed by atoms with Gasteiger partial charge in [0.2, 0.25) is 0 Å². The number of benzene rings is 1. The third kappa shape index (κ3) is 2.22. The molecule has 0 bridgehead atoms. The summed E-state index contributed by atoms with van der Waals surface area (Å²) in [5, 5.41) is 9.03. The van der Waals surface area contributed by atoms with Gasteiger partial charge in [0.1, 0.15) is 16.8 Å². The molecule has 2 N–H and O–H groups in total. The van der Waals surface area contributed by atoms with Crippen molar-refractivity contribution in [1.82, 2.24) is 0 Å². The summed E-state index contributed by atoms with van der Waals surface area (Å²) < 4.78 is 13.9. The molecule has 0 spiro atoms. The number of hydrogen-bond acceptors (Lipinski definition) is 3. The van der Waals surface area contributed by atoms with E-state index >= 15 is 0 Å². The van der Waals surface area contributed by atoms with Crippen molar-refractivity contribution in [3.05, 3.63) is 38.0 Å². The van der Waals surface area contributed by atoms with E-state index in [2.05, 4.69) is 28.7 Å². The molecular weight excluding hydrogens is 362 g/mol. The van der Waals surface area contributed by atoms with Crippen molar-refractivity contribution in [2.75, 3.05) is 5.73 Å². The van der Waals surface area contributed by atoms with Crippen molar-refractivity contribution >= 4 is 39.6 Å². The van der Waals surface area contributed by atoms with Gasteiger partial charge in [-0.25, -0.2) is 4.39 Å². The van der Waals surface area contributed by atoms with Crippen molar-refractivity contribution in [2.24, 2.45) is 0 Å². The molecule has 5 heteroatoms. The minimum Gasteiger partial charge on any atom is -0.397 e. The Morgan fingerprint density at radius 1 is 1.50 bits per heavy atom. The molecule has 0 aliphatic carbocycles. The van der Waals surface area contributed by atoms with Gasteiger partial charge in [0, 0.05) is 14.0 Å². The third-order valence-corrected chi connectivity index (χ3v) is 4.76. The number of rotatable bonds is 2. The highest BCUT2D eigenvalue weighted by atomic mass is 127. The lowest BCUT2D eigenvalue weighted by Crippen LogP contribution is -1.92.